The molecule has 0 spiro atoms. The third-order valence-electron chi connectivity index (χ3n) is 6.84. The van der Waals surface area contributed by atoms with E-state index in [1.807, 2.05) is 0 Å². The number of rotatable bonds is 4. The Balaban J connectivity index is 1.43. The van der Waals surface area contributed by atoms with Crippen LogP contribution in [-0.2, 0) is 16.2 Å². The largest absolute Gasteiger partial charge is 0.436 e. The fourth-order valence-electron chi connectivity index (χ4n) is 4.97. The number of halogens is 3. The first-order chi connectivity index (χ1) is 16.7. The van der Waals surface area contributed by atoms with Crippen LogP contribution < -0.4 is 0 Å². The second kappa shape index (κ2) is 8.94. The van der Waals surface area contributed by atoms with E-state index in [1.54, 1.807) is 42.5 Å². The molecular weight excluding hydrogens is 481 g/mol. The monoisotopic (exact) mass is 506 g/mol. The first-order valence-electron chi connectivity index (χ1n) is 11.6. The van der Waals surface area contributed by atoms with E-state index < -0.39 is 33.4 Å². The molecule has 0 unspecified atom stereocenters. The minimum Gasteiger partial charge on any atom is -0.339 e. The van der Waals surface area contributed by atoms with Gasteiger partial charge in [0.15, 0.2) is 5.69 Å². The van der Waals surface area contributed by atoms with Crippen LogP contribution in [0, 0.1) is 0 Å². The van der Waals surface area contributed by atoms with Gasteiger partial charge < -0.3 is 4.90 Å². The van der Waals surface area contributed by atoms with Gasteiger partial charge in [-0.3, -0.25) is 4.79 Å². The highest BCUT2D eigenvalue weighted by Gasteiger charge is 2.42. The molecule has 1 aromatic carbocycles. The molecule has 0 aliphatic carbocycles. The van der Waals surface area contributed by atoms with Crippen molar-refractivity contribution in [2.24, 2.45) is 0 Å². The van der Waals surface area contributed by atoms with Gasteiger partial charge in [0.25, 0.3) is 5.91 Å². The maximum absolute atomic E-state index is 13.8. The molecular formula is C24H25F3N4O3S. The van der Waals surface area contributed by atoms with Crippen molar-refractivity contribution in [2.45, 2.75) is 42.7 Å². The summed E-state index contributed by atoms with van der Waals surface area (Å²) in [5, 5.41) is 3.70. The maximum atomic E-state index is 13.8. The molecule has 186 valence electrons. The van der Waals surface area contributed by atoms with E-state index in [-0.39, 0.29) is 16.3 Å². The zero-order valence-electron chi connectivity index (χ0n) is 18.9. The lowest BCUT2D eigenvalue weighted by Gasteiger charge is -2.31. The van der Waals surface area contributed by atoms with Gasteiger partial charge in [-0.1, -0.05) is 18.2 Å². The number of aromatic nitrogens is 2. The maximum Gasteiger partial charge on any atom is 0.436 e. The number of amides is 1. The van der Waals surface area contributed by atoms with Crippen LogP contribution in [0.25, 0.3) is 5.52 Å². The zero-order chi connectivity index (χ0) is 24.8. The molecule has 3 aromatic rings. The summed E-state index contributed by atoms with van der Waals surface area (Å²) in [7, 11) is -3.60. The smallest absolute Gasteiger partial charge is 0.339 e. The average Bonchev–Trinajstić information content (AvgIpc) is 3.52. The Hall–Kier alpha value is -2.92. The minimum absolute atomic E-state index is 0.0406. The third kappa shape index (κ3) is 4.42. The fraction of sp³-hybridized carbons (Fsp3) is 0.417. The number of carbonyl (C=O) groups excluding carboxylic acids is 1. The van der Waals surface area contributed by atoms with E-state index in [1.165, 1.54) is 15.4 Å². The Morgan fingerprint density at radius 3 is 2.26 bits per heavy atom. The standard InChI is InChI=1S/C24H25F3N4O3S/c25-24(26,27)22-21(23(32)29-11-4-5-12-29)20-16-18(10-15-31(20)28-22)17-8-13-30(14-9-17)35(33,34)19-6-2-1-3-7-19/h1-3,6-7,10,15-17H,4-5,8-9,11-14H2. The number of carbonyl (C=O) groups is 1. The summed E-state index contributed by atoms with van der Waals surface area (Å²) in [6, 6.07) is 11.5. The van der Waals surface area contributed by atoms with Crippen LogP contribution in [0.2, 0.25) is 0 Å². The summed E-state index contributed by atoms with van der Waals surface area (Å²) in [5.41, 5.74) is -0.676. The van der Waals surface area contributed by atoms with Gasteiger partial charge in [-0.15, -0.1) is 0 Å². The van der Waals surface area contributed by atoms with Crippen LogP contribution in [0.5, 0.6) is 0 Å². The van der Waals surface area contributed by atoms with Gasteiger partial charge in [0.2, 0.25) is 10.0 Å². The Labute approximate surface area is 201 Å². The molecule has 35 heavy (non-hydrogen) atoms. The summed E-state index contributed by atoms with van der Waals surface area (Å²) in [5.74, 6) is -0.688. The molecule has 5 rings (SSSR count). The van der Waals surface area contributed by atoms with Crippen molar-refractivity contribution in [1.29, 1.82) is 0 Å². The number of pyridine rings is 1. The molecule has 2 saturated heterocycles. The Kier molecular flexibility index (Phi) is 6.08. The molecule has 0 saturated carbocycles. The second-order valence-corrected chi connectivity index (χ2v) is 10.9. The minimum atomic E-state index is -4.76. The molecule has 2 aromatic heterocycles. The summed E-state index contributed by atoms with van der Waals surface area (Å²) in [6.07, 6.45) is -0.721. The molecule has 4 heterocycles. The van der Waals surface area contributed by atoms with E-state index in [0.29, 0.717) is 39.0 Å². The molecule has 11 heteroatoms. The van der Waals surface area contributed by atoms with Gasteiger partial charge in [-0.2, -0.15) is 22.6 Å². The number of sulfonamides is 1. The number of likely N-dealkylation sites (tertiary alicyclic amines) is 1. The number of alkyl halides is 3. The van der Waals surface area contributed by atoms with Crippen molar-refractivity contribution in [3.63, 3.8) is 0 Å². The number of hydrogen-bond donors (Lipinski definition) is 0. The van der Waals surface area contributed by atoms with E-state index >= 15 is 0 Å². The van der Waals surface area contributed by atoms with E-state index in [2.05, 4.69) is 5.10 Å². The highest BCUT2D eigenvalue weighted by molar-refractivity contribution is 7.89. The van der Waals surface area contributed by atoms with Crippen LogP contribution in [0.15, 0.2) is 53.6 Å². The SMILES string of the molecule is O=C(c1c(C(F)(F)F)nn2ccc(C3CCN(S(=O)(=O)c4ccccc4)CC3)cc12)N1CCCC1. The molecule has 2 aliphatic heterocycles. The normalized spacial score (nSPS) is 18.4. The fourth-order valence-corrected chi connectivity index (χ4v) is 6.47. The lowest BCUT2D eigenvalue weighted by molar-refractivity contribution is -0.141. The first kappa shape index (κ1) is 23.8. The lowest BCUT2D eigenvalue weighted by Crippen LogP contribution is -2.37. The summed E-state index contributed by atoms with van der Waals surface area (Å²) < 4.78 is 69.7. The topological polar surface area (TPSA) is 75.0 Å². The third-order valence-corrected chi connectivity index (χ3v) is 8.75. The van der Waals surface area contributed by atoms with Gasteiger partial charge >= 0.3 is 6.18 Å². The van der Waals surface area contributed by atoms with Crippen LogP contribution in [-0.4, -0.2) is 59.3 Å². The number of benzene rings is 1. The van der Waals surface area contributed by atoms with Crippen molar-refractivity contribution in [3.05, 3.63) is 65.5 Å². The predicted octanol–water partition coefficient (Wildman–Crippen LogP) is 4.16. The summed E-state index contributed by atoms with van der Waals surface area (Å²) >= 11 is 0. The van der Waals surface area contributed by atoms with Crippen molar-refractivity contribution >= 4 is 21.4 Å². The Morgan fingerprint density at radius 2 is 1.63 bits per heavy atom. The predicted molar refractivity (Wildman–Crippen MR) is 123 cm³/mol. The number of hydrogen-bond acceptors (Lipinski definition) is 4. The molecule has 7 nitrogen and oxygen atoms in total. The zero-order valence-corrected chi connectivity index (χ0v) is 19.7. The van der Waals surface area contributed by atoms with Crippen LogP contribution >= 0.6 is 0 Å². The molecule has 1 amide bonds. The van der Waals surface area contributed by atoms with Gasteiger partial charge in [0.1, 0.15) is 0 Å². The number of piperidine rings is 1. The van der Waals surface area contributed by atoms with Crippen molar-refractivity contribution in [1.82, 2.24) is 18.8 Å². The lowest BCUT2D eigenvalue weighted by atomic mass is 9.90. The summed E-state index contributed by atoms with van der Waals surface area (Å²) in [6.45, 7) is 1.47. The molecule has 0 atom stereocenters. The van der Waals surface area contributed by atoms with Crippen molar-refractivity contribution in [3.8, 4) is 0 Å². The van der Waals surface area contributed by atoms with E-state index in [9.17, 15) is 26.4 Å². The van der Waals surface area contributed by atoms with Gasteiger partial charge in [-0.05, 0) is 61.4 Å². The van der Waals surface area contributed by atoms with Gasteiger partial charge in [0.05, 0.1) is 16.0 Å². The Morgan fingerprint density at radius 1 is 0.971 bits per heavy atom. The van der Waals surface area contributed by atoms with E-state index in [4.69, 9.17) is 0 Å². The van der Waals surface area contributed by atoms with Crippen LogP contribution in [0.4, 0.5) is 13.2 Å². The number of nitrogens with zero attached hydrogens (tertiary/aromatic N) is 4. The number of fused-ring (bicyclic) bond motifs is 1. The van der Waals surface area contributed by atoms with Gasteiger partial charge in [-0.25, -0.2) is 12.9 Å². The van der Waals surface area contributed by atoms with E-state index in [0.717, 1.165) is 22.9 Å². The Bertz CT molecular complexity index is 1340. The van der Waals surface area contributed by atoms with Gasteiger partial charge in [0, 0.05) is 32.4 Å². The molecule has 0 radical (unpaired) electrons. The average molecular weight is 507 g/mol. The van der Waals surface area contributed by atoms with Crippen molar-refractivity contribution in [2.75, 3.05) is 26.2 Å². The molecule has 0 N–H and O–H groups in total. The quantitative estimate of drug-likeness (QED) is 0.533. The second-order valence-electron chi connectivity index (χ2n) is 9.00. The highest BCUT2D eigenvalue weighted by Crippen LogP contribution is 2.36. The van der Waals surface area contributed by atoms with Crippen molar-refractivity contribution < 1.29 is 26.4 Å². The molecule has 2 aliphatic rings. The first-order valence-corrected chi connectivity index (χ1v) is 13.0. The van der Waals surface area contributed by atoms with Crippen LogP contribution in [0.1, 0.15) is 53.2 Å². The highest BCUT2D eigenvalue weighted by atomic mass is 32.2. The summed E-state index contributed by atoms with van der Waals surface area (Å²) in [4.78, 5) is 14.8. The van der Waals surface area contributed by atoms with Crippen LogP contribution in [0.3, 0.4) is 0 Å². The molecule has 0 bridgehead atoms. The molecule has 2 fully saturated rings.